The summed E-state index contributed by atoms with van der Waals surface area (Å²) in [6.45, 7) is 5.30. The first-order valence-corrected chi connectivity index (χ1v) is 7.83. The van der Waals surface area contributed by atoms with Crippen LogP contribution in [0.2, 0.25) is 0 Å². The molecule has 0 unspecified atom stereocenters. The number of nitrogens with one attached hydrogen (secondary N) is 1. The maximum Gasteiger partial charge on any atom is 0.181 e. The third-order valence-electron chi connectivity index (χ3n) is 2.39. The second-order valence-electron chi connectivity index (χ2n) is 3.87. The van der Waals surface area contributed by atoms with Crippen LogP contribution in [0, 0.1) is 10.5 Å². The number of aromatic nitrogens is 3. The minimum atomic E-state index is 0.468. The van der Waals surface area contributed by atoms with E-state index in [-0.39, 0.29) is 0 Å². The van der Waals surface area contributed by atoms with Crippen molar-refractivity contribution >= 4 is 39.7 Å². The zero-order chi connectivity index (χ0) is 13.8. The van der Waals surface area contributed by atoms with Crippen LogP contribution in [0.5, 0.6) is 0 Å². The van der Waals surface area contributed by atoms with E-state index in [2.05, 4.69) is 42.9 Å². The van der Waals surface area contributed by atoms with Gasteiger partial charge in [0.05, 0.1) is 20.9 Å². The highest BCUT2D eigenvalue weighted by Gasteiger charge is 2.14. The lowest BCUT2D eigenvalue weighted by atomic mass is 10.3. The molecule has 0 aliphatic rings. The van der Waals surface area contributed by atoms with Gasteiger partial charge in [0, 0.05) is 19.0 Å². The molecule has 0 saturated heterocycles. The average Bonchev–Trinajstić information content (AvgIpc) is 2.81. The van der Waals surface area contributed by atoms with Crippen LogP contribution in [0.25, 0.3) is 11.5 Å². The minimum Gasteiger partial charge on any atom is -0.378 e. The summed E-state index contributed by atoms with van der Waals surface area (Å²) in [6.07, 6.45) is 0. The van der Waals surface area contributed by atoms with Gasteiger partial charge in [-0.15, -0.1) is 11.3 Å². The first kappa shape index (κ1) is 14.6. The normalized spacial score (nSPS) is 10.7. The van der Waals surface area contributed by atoms with Crippen molar-refractivity contribution in [3.63, 3.8) is 0 Å². The molecule has 7 heteroatoms. The Hall–Kier alpha value is -0.800. The van der Waals surface area contributed by atoms with Gasteiger partial charge in [-0.25, -0.2) is 15.0 Å². The fraction of sp³-hybridized carbons (Fsp3) is 0.417. The zero-order valence-corrected chi connectivity index (χ0v) is 14.0. The van der Waals surface area contributed by atoms with Gasteiger partial charge in [0.25, 0.3) is 0 Å². The number of ether oxygens (including phenoxy) is 1. The van der Waals surface area contributed by atoms with Crippen LogP contribution >= 0.6 is 33.9 Å². The molecule has 2 aromatic heterocycles. The van der Waals surface area contributed by atoms with E-state index in [0.29, 0.717) is 12.4 Å². The number of anilines is 1. The number of aryl methyl sites for hydroxylation is 1. The summed E-state index contributed by atoms with van der Waals surface area (Å²) >= 11 is 3.84. The fourth-order valence-electron chi connectivity index (χ4n) is 1.59. The quantitative estimate of drug-likeness (QED) is 0.796. The van der Waals surface area contributed by atoms with Crippen molar-refractivity contribution in [2.24, 2.45) is 0 Å². The van der Waals surface area contributed by atoms with E-state index in [1.165, 1.54) is 0 Å². The van der Waals surface area contributed by atoms with Crippen molar-refractivity contribution in [1.82, 2.24) is 15.0 Å². The molecule has 0 bridgehead atoms. The van der Waals surface area contributed by atoms with Gasteiger partial charge in [-0.05, 0) is 36.4 Å². The topological polar surface area (TPSA) is 59.9 Å². The van der Waals surface area contributed by atoms with Gasteiger partial charge >= 0.3 is 0 Å². The Morgan fingerprint density at radius 3 is 2.74 bits per heavy atom. The Balaban J connectivity index is 2.48. The zero-order valence-electron chi connectivity index (χ0n) is 11.0. The van der Waals surface area contributed by atoms with Crippen LogP contribution in [-0.4, -0.2) is 28.6 Å². The average molecular weight is 390 g/mol. The number of nitrogens with zero attached hydrogens (tertiary/aromatic N) is 3. The van der Waals surface area contributed by atoms with Crippen LogP contribution in [0.1, 0.15) is 17.6 Å². The highest BCUT2D eigenvalue weighted by molar-refractivity contribution is 14.1. The molecule has 0 aromatic carbocycles. The molecule has 0 amide bonds. The summed E-state index contributed by atoms with van der Waals surface area (Å²) in [5, 5.41) is 6.24. The highest BCUT2D eigenvalue weighted by Crippen LogP contribution is 2.25. The first-order chi connectivity index (χ1) is 9.15. The summed E-state index contributed by atoms with van der Waals surface area (Å²) in [5.41, 5.74) is 1.70. The molecule has 0 atom stereocenters. The van der Waals surface area contributed by atoms with E-state index in [1.807, 2.05) is 19.2 Å². The van der Waals surface area contributed by atoms with E-state index in [0.717, 1.165) is 32.3 Å². The van der Waals surface area contributed by atoms with Gasteiger partial charge in [-0.3, -0.25) is 0 Å². The molecule has 1 N–H and O–H groups in total. The summed E-state index contributed by atoms with van der Waals surface area (Å²) in [7, 11) is 1.66. The molecule has 2 aromatic rings. The van der Waals surface area contributed by atoms with Crippen molar-refractivity contribution in [2.75, 3.05) is 19.0 Å². The molecular weight excluding hydrogens is 375 g/mol. The van der Waals surface area contributed by atoms with Gasteiger partial charge in [-0.1, -0.05) is 0 Å². The summed E-state index contributed by atoms with van der Waals surface area (Å²) in [5.74, 6) is 1.48. The van der Waals surface area contributed by atoms with Gasteiger partial charge < -0.3 is 10.1 Å². The largest absolute Gasteiger partial charge is 0.378 e. The summed E-state index contributed by atoms with van der Waals surface area (Å²) in [6, 6.07) is 0. The second kappa shape index (κ2) is 6.58. The molecule has 2 heterocycles. The van der Waals surface area contributed by atoms with Crippen LogP contribution in [0.4, 0.5) is 5.82 Å². The Bertz CT molecular complexity index is 546. The molecule has 0 spiro atoms. The van der Waals surface area contributed by atoms with Gasteiger partial charge in [0.15, 0.2) is 5.82 Å². The van der Waals surface area contributed by atoms with Crippen LogP contribution in [0.3, 0.4) is 0 Å². The van der Waals surface area contributed by atoms with Gasteiger partial charge in [0.2, 0.25) is 0 Å². The molecule has 0 aliphatic heterocycles. The third-order valence-corrected chi connectivity index (χ3v) is 4.30. The van der Waals surface area contributed by atoms with Crippen LogP contribution in [-0.2, 0) is 11.3 Å². The maximum absolute atomic E-state index is 5.20. The summed E-state index contributed by atoms with van der Waals surface area (Å²) in [4.78, 5) is 13.5. The lowest BCUT2D eigenvalue weighted by Gasteiger charge is -2.10. The van der Waals surface area contributed by atoms with Gasteiger partial charge in [0.1, 0.15) is 11.5 Å². The Morgan fingerprint density at radius 2 is 2.16 bits per heavy atom. The van der Waals surface area contributed by atoms with E-state index in [1.54, 1.807) is 18.4 Å². The molecule has 2 rings (SSSR count). The first-order valence-electron chi connectivity index (χ1n) is 5.87. The number of methoxy groups -OCH3 is 1. The smallest absolute Gasteiger partial charge is 0.181 e. The Morgan fingerprint density at radius 1 is 1.37 bits per heavy atom. The SMILES string of the molecule is CCNc1nc(-c2csc(C)n2)nc(COC)c1I. The predicted molar refractivity (Wildman–Crippen MR) is 85.5 cm³/mol. The van der Waals surface area contributed by atoms with Crippen molar-refractivity contribution in [3.8, 4) is 11.5 Å². The molecule has 0 radical (unpaired) electrons. The highest BCUT2D eigenvalue weighted by atomic mass is 127. The molecule has 5 nitrogen and oxygen atoms in total. The monoisotopic (exact) mass is 390 g/mol. The maximum atomic E-state index is 5.20. The summed E-state index contributed by atoms with van der Waals surface area (Å²) < 4.78 is 6.19. The van der Waals surface area contributed by atoms with Crippen molar-refractivity contribution < 1.29 is 4.74 Å². The van der Waals surface area contributed by atoms with E-state index in [9.17, 15) is 0 Å². The standard InChI is InChI=1S/C12H15IN4OS/c1-4-14-12-10(13)8(5-18-3)16-11(17-12)9-6-19-7(2)15-9/h6H,4-5H2,1-3H3,(H,14,16,17). The second-order valence-corrected chi connectivity index (χ2v) is 6.01. The van der Waals surface area contributed by atoms with Crippen LogP contribution < -0.4 is 5.32 Å². The molecule has 102 valence electrons. The molecule has 0 fully saturated rings. The van der Waals surface area contributed by atoms with Crippen molar-refractivity contribution in [1.29, 1.82) is 0 Å². The van der Waals surface area contributed by atoms with E-state index < -0.39 is 0 Å². The lowest BCUT2D eigenvalue weighted by Crippen LogP contribution is -2.08. The molecule has 0 saturated carbocycles. The Labute approximate surface area is 130 Å². The number of rotatable bonds is 5. The van der Waals surface area contributed by atoms with Crippen molar-refractivity contribution in [3.05, 3.63) is 19.7 Å². The van der Waals surface area contributed by atoms with E-state index in [4.69, 9.17) is 4.74 Å². The third kappa shape index (κ3) is 3.40. The van der Waals surface area contributed by atoms with Crippen LogP contribution in [0.15, 0.2) is 5.38 Å². The molecule has 19 heavy (non-hydrogen) atoms. The van der Waals surface area contributed by atoms with Crippen molar-refractivity contribution in [2.45, 2.75) is 20.5 Å². The molecule has 0 aliphatic carbocycles. The predicted octanol–water partition coefficient (Wildman–Crippen LogP) is 3.09. The number of hydrogen-bond acceptors (Lipinski definition) is 6. The Kier molecular flexibility index (Phi) is 5.06. The minimum absolute atomic E-state index is 0.468. The van der Waals surface area contributed by atoms with E-state index >= 15 is 0 Å². The fourth-order valence-corrected chi connectivity index (χ4v) is 2.77. The molecular formula is C12H15IN4OS. The lowest BCUT2D eigenvalue weighted by molar-refractivity contribution is 0.181. The van der Waals surface area contributed by atoms with Gasteiger partial charge in [-0.2, -0.15) is 0 Å². The number of thiazole rings is 1. The number of halogens is 1. The number of hydrogen-bond donors (Lipinski definition) is 1.